The van der Waals surface area contributed by atoms with Gasteiger partial charge in [0.2, 0.25) is 0 Å². The highest BCUT2D eigenvalue weighted by atomic mass is 32.2. The quantitative estimate of drug-likeness (QED) is 0.141. The van der Waals surface area contributed by atoms with Crippen LogP contribution in [0.1, 0.15) is 0 Å². The number of nitrogens with zero attached hydrogens (tertiary/aromatic N) is 1. The van der Waals surface area contributed by atoms with Crippen LogP contribution in [0.25, 0.3) is 0 Å². The molecular formula is C22H31NO10S. The zero-order chi connectivity index (χ0) is 24.5. The van der Waals surface area contributed by atoms with Gasteiger partial charge in [0.1, 0.15) is 0 Å². The van der Waals surface area contributed by atoms with E-state index in [0.29, 0.717) is 52.9 Å². The van der Waals surface area contributed by atoms with Crippen LogP contribution in [-0.4, -0.2) is 104 Å². The third kappa shape index (κ3) is 11.3. The van der Waals surface area contributed by atoms with Crippen LogP contribution in [0.15, 0.2) is 47.4 Å². The summed E-state index contributed by atoms with van der Waals surface area (Å²) in [5, 5.41) is 0. The first-order valence-corrected chi connectivity index (χ1v) is 12.3. The Labute approximate surface area is 199 Å². The fraction of sp³-hybridized carbons (Fsp3) is 0.545. The van der Waals surface area contributed by atoms with E-state index in [9.17, 15) is 18.0 Å². The lowest BCUT2D eigenvalue weighted by molar-refractivity contribution is -0.137. The van der Waals surface area contributed by atoms with Gasteiger partial charge in [-0.1, -0.05) is 18.2 Å². The molecule has 34 heavy (non-hydrogen) atoms. The Balaban J connectivity index is 1.28. The Bertz CT molecular complexity index is 842. The molecule has 0 saturated carbocycles. The van der Waals surface area contributed by atoms with Crippen LogP contribution >= 0.6 is 0 Å². The lowest BCUT2D eigenvalue weighted by Gasteiger charge is -2.13. The van der Waals surface area contributed by atoms with Gasteiger partial charge in [0.25, 0.3) is 21.9 Å². The van der Waals surface area contributed by atoms with Crippen LogP contribution in [0.4, 0.5) is 0 Å². The highest BCUT2D eigenvalue weighted by Crippen LogP contribution is 2.10. The number of imide groups is 1. The summed E-state index contributed by atoms with van der Waals surface area (Å²) in [4.78, 5) is 23.9. The average molecular weight is 502 g/mol. The summed E-state index contributed by atoms with van der Waals surface area (Å²) in [6.45, 7) is 3.59. The second kappa shape index (κ2) is 16.4. The zero-order valence-corrected chi connectivity index (χ0v) is 19.8. The SMILES string of the molecule is O=C1C=CC(=O)N1CCOCCOCCOCCOCCOCCOS(=O)(=O)c1ccccc1. The maximum absolute atomic E-state index is 11.9. The van der Waals surface area contributed by atoms with Crippen LogP contribution in [0.5, 0.6) is 0 Å². The maximum atomic E-state index is 11.9. The van der Waals surface area contributed by atoms with E-state index in [1.165, 1.54) is 24.3 Å². The number of carbonyl (C=O) groups excluding carboxylic acids is 2. The van der Waals surface area contributed by atoms with Crippen molar-refractivity contribution in [2.24, 2.45) is 0 Å². The van der Waals surface area contributed by atoms with Gasteiger partial charge in [-0.05, 0) is 12.1 Å². The van der Waals surface area contributed by atoms with E-state index in [1.54, 1.807) is 18.2 Å². The maximum Gasteiger partial charge on any atom is 0.297 e. The van der Waals surface area contributed by atoms with Crippen molar-refractivity contribution in [3.8, 4) is 0 Å². The Morgan fingerprint density at radius 3 is 1.47 bits per heavy atom. The molecular weight excluding hydrogens is 470 g/mol. The lowest BCUT2D eigenvalue weighted by atomic mass is 10.4. The van der Waals surface area contributed by atoms with Crippen molar-refractivity contribution in [3.05, 3.63) is 42.5 Å². The number of amides is 2. The van der Waals surface area contributed by atoms with E-state index in [-0.39, 0.29) is 43.1 Å². The summed E-state index contributed by atoms with van der Waals surface area (Å²) in [7, 11) is -3.76. The molecule has 1 heterocycles. The molecule has 11 nitrogen and oxygen atoms in total. The number of hydrogen-bond donors (Lipinski definition) is 0. The average Bonchev–Trinajstić information content (AvgIpc) is 3.16. The van der Waals surface area contributed by atoms with Crippen molar-refractivity contribution in [1.82, 2.24) is 4.90 Å². The molecule has 12 heteroatoms. The third-order valence-corrected chi connectivity index (χ3v) is 5.67. The highest BCUT2D eigenvalue weighted by molar-refractivity contribution is 7.86. The Morgan fingerprint density at radius 2 is 1.00 bits per heavy atom. The molecule has 2 rings (SSSR count). The fourth-order valence-electron chi connectivity index (χ4n) is 2.65. The van der Waals surface area contributed by atoms with Gasteiger partial charge < -0.3 is 23.7 Å². The smallest absolute Gasteiger partial charge is 0.297 e. The van der Waals surface area contributed by atoms with E-state index < -0.39 is 10.1 Å². The van der Waals surface area contributed by atoms with Gasteiger partial charge in [-0.2, -0.15) is 8.42 Å². The second-order valence-corrected chi connectivity index (χ2v) is 8.43. The van der Waals surface area contributed by atoms with Crippen molar-refractivity contribution in [1.29, 1.82) is 0 Å². The highest BCUT2D eigenvalue weighted by Gasteiger charge is 2.22. The van der Waals surface area contributed by atoms with Gasteiger partial charge in [0, 0.05) is 12.2 Å². The molecule has 0 bridgehead atoms. The third-order valence-electron chi connectivity index (χ3n) is 4.35. The van der Waals surface area contributed by atoms with Gasteiger partial charge in [-0.25, -0.2) is 0 Å². The van der Waals surface area contributed by atoms with E-state index in [0.717, 1.165) is 4.90 Å². The van der Waals surface area contributed by atoms with Crippen LogP contribution in [-0.2, 0) is 47.6 Å². The Kier molecular flexibility index (Phi) is 13.6. The lowest BCUT2D eigenvalue weighted by Crippen LogP contribution is -2.33. The molecule has 0 unspecified atom stereocenters. The number of rotatable bonds is 20. The first-order valence-electron chi connectivity index (χ1n) is 10.9. The molecule has 1 aliphatic rings. The normalized spacial score (nSPS) is 13.8. The molecule has 1 aliphatic heterocycles. The summed E-state index contributed by atoms with van der Waals surface area (Å²) in [5.74, 6) is -0.638. The predicted octanol–water partition coefficient (Wildman–Crippen LogP) is 0.400. The molecule has 0 aliphatic carbocycles. The first kappa shape index (κ1) is 28.1. The summed E-state index contributed by atoms with van der Waals surface area (Å²) in [5.41, 5.74) is 0. The molecule has 0 spiro atoms. The molecule has 0 radical (unpaired) electrons. The Morgan fingerprint density at radius 1 is 0.588 bits per heavy atom. The monoisotopic (exact) mass is 501 g/mol. The Hall–Kier alpha value is -2.19. The van der Waals surface area contributed by atoms with Gasteiger partial charge in [-0.15, -0.1) is 0 Å². The zero-order valence-electron chi connectivity index (χ0n) is 19.0. The summed E-state index contributed by atoms with van der Waals surface area (Å²) in [6.07, 6.45) is 2.48. The van der Waals surface area contributed by atoms with Crippen molar-refractivity contribution in [3.63, 3.8) is 0 Å². The fourth-order valence-corrected chi connectivity index (χ4v) is 3.56. The van der Waals surface area contributed by atoms with Crippen molar-refractivity contribution < 1.29 is 45.9 Å². The summed E-state index contributed by atoms with van der Waals surface area (Å²) in [6, 6.07) is 7.93. The van der Waals surface area contributed by atoms with Gasteiger partial charge in [0.05, 0.1) is 84.1 Å². The molecule has 1 aromatic carbocycles. The van der Waals surface area contributed by atoms with E-state index in [4.69, 9.17) is 27.9 Å². The molecule has 0 aromatic heterocycles. The molecule has 0 atom stereocenters. The van der Waals surface area contributed by atoms with Gasteiger partial charge in [0.15, 0.2) is 0 Å². The molecule has 190 valence electrons. The van der Waals surface area contributed by atoms with Crippen LogP contribution in [0, 0.1) is 0 Å². The number of benzene rings is 1. The minimum absolute atomic E-state index is 0.0688. The topological polar surface area (TPSA) is 127 Å². The number of ether oxygens (including phenoxy) is 5. The van der Waals surface area contributed by atoms with Gasteiger partial charge in [-0.3, -0.25) is 18.7 Å². The number of carbonyl (C=O) groups is 2. The predicted molar refractivity (Wildman–Crippen MR) is 120 cm³/mol. The standard InChI is InChI=1S/C22H31NO10S/c24-21-6-7-22(25)23(21)8-9-28-10-11-29-12-13-30-14-15-31-16-17-32-18-19-33-34(26,27)20-4-2-1-3-5-20/h1-7H,8-19H2. The largest absolute Gasteiger partial charge is 0.377 e. The van der Waals surface area contributed by atoms with E-state index >= 15 is 0 Å². The molecule has 1 aromatic rings. The summed E-state index contributed by atoms with van der Waals surface area (Å²) < 4.78 is 55.4. The van der Waals surface area contributed by atoms with Crippen LogP contribution in [0.3, 0.4) is 0 Å². The molecule has 0 saturated heterocycles. The number of hydrogen-bond acceptors (Lipinski definition) is 10. The summed E-state index contributed by atoms with van der Waals surface area (Å²) >= 11 is 0. The molecule has 0 fully saturated rings. The van der Waals surface area contributed by atoms with Crippen LogP contribution in [0.2, 0.25) is 0 Å². The van der Waals surface area contributed by atoms with E-state index in [2.05, 4.69) is 0 Å². The minimum Gasteiger partial charge on any atom is -0.377 e. The van der Waals surface area contributed by atoms with Crippen molar-refractivity contribution in [2.75, 3.05) is 79.2 Å². The minimum atomic E-state index is -3.76. The van der Waals surface area contributed by atoms with Crippen molar-refractivity contribution in [2.45, 2.75) is 4.90 Å². The van der Waals surface area contributed by atoms with Gasteiger partial charge >= 0.3 is 0 Å². The van der Waals surface area contributed by atoms with Crippen LogP contribution < -0.4 is 0 Å². The van der Waals surface area contributed by atoms with E-state index in [1.807, 2.05) is 0 Å². The first-order chi connectivity index (χ1) is 16.5. The molecule has 2 amide bonds. The second-order valence-electron chi connectivity index (χ2n) is 6.81. The molecule has 0 N–H and O–H groups in total. The van der Waals surface area contributed by atoms with Crippen molar-refractivity contribution >= 4 is 21.9 Å².